The molecule has 0 heterocycles. The molecule has 0 aromatic heterocycles. The molecule has 23 heavy (non-hydrogen) atoms. The maximum Gasteiger partial charge on any atom is 0.227 e. The summed E-state index contributed by atoms with van der Waals surface area (Å²) in [5, 5.41) is 3.25. The minimum Gasteiger partial charge on any atom is -0.486 e. The molecule has 3 nitrogen and oxygen atoms in total. The Morgan fingerprint density at radius 2 is 2.04 bits per heavy atom. The van der Waals surface area contributed by atoms with Crippen molar-refractivity contribution in [3.63, 3.8) is 0 Å². The van der Waals surface area contributed by atoms with Crippen LogP contribution >= 0.6 is 23.8 Å². The Labute approximate surface area is 147 Å². The Hall–Kier alpha value is -1.20. The molecular weight excluding hydrogens is 337 g/mol. The van der Waals surface area contributed by atoms with Crippen LogP contribution in [0.5, 0.6) is 0 Å². The topological polar surface area (TPSA) is 38.3 Å². The minimum atomic E-state index is -0.565. The third-order valence-corrected chi connectivity index (χ3v) is 3.98. The van der Waals surface area contributed by atoms with Crippen molar-refractivity contribution in [2.45, 2.75) is 40.5 Å². The first-order valence-corrected chi connectivity index (χ1v) is 8.47. The molecule has 1 unspecified atom stereocenters. The molecule has 1 rings (SSSR count). The molecule has 0 bridgehead atoms. The number of carbonyl (C=O) groups excluding carboxylic acids is 1. The Kier molecular flexibility index (Phi) is 7.92. The van der Waals surface area contributed by atoms with Gasteiger partial charge in [0.05, 0.1) is 12.3 Å². The maximum atomic E-state index is 14.0. The van der Waals surface area contributed by atoms with Crippen LogP contribution in [-0.2, 0) is 16.0 Å². The molecule has 0 saturated heterocycles. The van der Waals surface area contributed by atoms with Crippen molar-refractivity contribution in [1.29, 1.82) is 0 Å². The molecule has 0 spiro atoms. The Morgan fingerprint density at radius 3 is 2.61 bits per heavy atom. The Morgan fingerprint density at radius 1 is 1.39 bits per heavy atom. The summed E-state index contributed by atoms with van der Waals surface area (Å²) in [7, 11) is 0. The molecule has 1 amide bonds. The molecular formula is C17H23ClFNO2S. The van der Waals surface area contributed by atoms with Gasteiger partial charge in [-0.05, 0) is 42.3 Å². The van der Waals surface area contributed by atoms with Crippen LogP contribution in [0.1, 0.15) is 39.7 Å². The van der Waals surface area contributed by atoms with E-state index < -0.39 is 5.82 Å². The second-order valence-electron chi connectivity index (χ2n) is 5.98. The summed E-state index contributed by atoms with van der Waals surface area (Å²) in [6, 6.07) is 2.71. The first-order chi connectivity index (χ1) is 10.7. The number of ether oxygens (including phenoxy) is 1. The number of anilines is 1. The molecule has 1 aromatic rings. The number of amides is 1. The largest absolute Gasteiger partial charge is 0.486 e. The van der Waals surface area contributed by atoms with Gasteiger partial charge in [0, 0.05) is 17.4 Å². The first-order valence-electron chi connectivity index (χ1n) is 7.69. The standard InChI is InChI=1S/C17H23ClFNO2S/c1-5-11(4)17(21)20-15-6-12(13(18)8-14(15)19)7-16(23)22-9-10(2)3/h6,8,10-11H,5,7,9H2,1-4H3,(H,20,21). The van der Waals surface area contributed by atoms with Crippen LogP contribution in [0, 0.1) is 17.7 Å². The van der Waals surface area contributed by atoms with E-state index >= 15 is 0 Å². The van der Waals surface area contributed by atoms with Gasteiger partial charge in [-0.25, -0.2) is 4.39 Å². The lowest BCUT2D eigenvalue weighted by Gasteiger charge is -2.14. The summed E-state index contributed by atoms with van der Waals surface area (Å²) in [6.07, 6.45) is 0.981. The Balaban J connectivity index is 2.87. The zero-order chi connectivity index (χ0) is 17.6. The molecule has 1 aromatic carbocycles. The predicted octanol–water partition coefficient (Wildman–Crippen LogP) is 5.01. The number of halogens is 2. The number of nitrogens with one attached hydrogen (secondary N) is 1. The summed E-state index contributed by atoms with van der Waals surface area (Å²) in [5.74, 6) is -0.617. The number of thiocarbonyl (C=S) groups is 1. The van der Waals surface area contributed by atoms with Gasteiger partial charge in [0.15, 0.2) is 5.05 Å². The van der Waals surface area contributed by atoms with Crippen molar-refractivity contribution in [2.24, 2.45) is 11.8 Å². The number of benzene rings is 1. The van der Waals surface area contributed by atoms with Gasteiger partial charge in [-0.3, -0.25) is 4.79 Å². The van der Waals surface area contributed by atoms with E-state index in [9.17, 15) is 9.18 Å². The highest BCUT2D eigenvalue weighted by Gasteiger charge is 2.16. The third kappa shape index (κ3) is 6.43. The van der Waals surface area contributed by atoms with Crippen LogP contribution in [0.25, 0.3) is 0 Å². The molecule has 128 valence electrons. The highest BCUT2D eigenvalue weighted by atomic mass is 35.5. The SMILES string of the molecule is CCC(C)C(=O)Nc1cc(CC(=S)OCC(C)C)c(Cl)cc1F. The van der Waals surface area contributed by atoms with Crippen LogP contribution in [0.15, 0.2) is 12.1 Å². The maximum absolute atomic E-state index is 14.0. The summed E-state index contributed by atoms with van der Waals surface area (Å²) in [4.78, 5) is 11.9. The molecule has 0 aliphatic rings. The first kappa shape index (κ1) is 19.8. The van der Waals surface area contributed by atoms with E-state index in [1.54, 1.807) is 6.92 Å². The number of rotatable bonds is 7. The molecule has 0 aliphatic heterocycles. The van der Waals surface area contributed by atoms with Crippen molar-refractivity contribution in [1.82, 2.24) is 0 Å². The van der Waals surface area contributed by atoms with E-state index in [0.29, 0.717) is 36.0 Å². The van der Waals surface area contributed by atoms with E-state index in [-0.39, 0.29) is 22.5 Å². The molecule has 0 saturated carbocycles. The van der Waals surface area contributed by atoms with Crippen LogP contribution in [0.3, 0.4) is 0 Å². The fourth-order valence-electron chi connectivity index (χ4n) is 1.73. The lowest BCUT2D eigenvalue weighted by molar-refractivity contribution is -0.119. The summed E-state index contributed by atoms with van der Waals surface area (Å²) in [6.45, 7) is 8.26. The van der Waals surface area contributed by atoms with E-state index in [1.165, 1.54) is 12.1 Å². The van der Waals surface area contributed by atoms with E-state index in [2.05, 4.69) is 5.32 Å². The van der Waals surface area contributed by atoms with Crippen molar-refractivity contribution >= 4 is 40.5 Å². The zero-order valence-corrected chi connectivity index (χ0v) is 15.5. The van der Waals surface area contributed by atoms with Crippen LogP contribution in [0.2, 0.25) is 5.02 Å². The number of hydrogen-bond acceptors (Lipinski definition) is 3. The fraction of sp³-hybridized carbons (Fsp3) is 0.529. The van der Waals surface area contributed by atoms with Crippen molar-refractivity contribution in [3.05, 3.63) is 28.5 Å². The molecule has 0 fully saturated rings. The van der Waals surface area contributed by atoms with E-state index in [0.717, 1.165) is 0 Å². The third-order valence-electron chi connectivity index (χ3n) is 3.37. The normalized spacial score (nSPS) is 12.1. The number of hydrogen-bond donors (Lipinski definition) is 1. The van der Waals surface area contributed by atoms with Crippen molar-refractivity contribution in [2.75, 3.05) is 11.9 Å². The van der Waals surface area contributed by atoms with Gasteiger partial charge in [-0.2, -0.15) is 0 Å². The van der Waals surface area contributed by atoms with Gasteiger partial charge in [0.2, 0.25) is 5.91 Å². The van der Waals surface area contributed by atoms with Gasteiger partial charge in [-0.15, -0.1) is 0 Å². The van der Waals surface area contributed by atoms with Crippen molar-refractivity contribution < 1.29 is 13.9 Å². The fourth-order valence-corrected chi connectivity index (χ4v) is 2.17. The van der Waals surface area contributed by atoms with Gasteiger partial charge in [0.25, 0.3) is 0 Å². The average molecular weight is 360 g/mol. The predicted molar refractivity (Wildman–Crippen MR) is 96.6 cm³/mol. The van der Waals surface area contributed by atoms with Gasteiger partial charge < -0.3 is 10.1 Å². The van der Waals surface area contributed by atoms with E-state index in [1.807, 2.05) is 20.8 Å². The molecule has 1 atom stereocenters. The van der Waals surface area contributed by atoms with Crippen LogP contribution < -0.4 is 5.32 Å². The summed E-state index contributed by atoms with van der Waals surface area (Å²) in [5.41, 5.74) is 0.739. The second kappa shape index (κ2) is 9.18. The molecule has 0 aliphatic carbocycles. The second-order valence-corrected chi connectivity index (χ2v) is 6.84. The highest BCUT2D eigenvalue weighted by molar-refractivity contribution is 7.80. The zero-order valence-electron chi connectivity index (χ0n) is 13.9. The monoisotopic (exact) mass is 359 g/mol. The minimum absolute atomic E-state index is 0.112. The van der Waals surface area contributed by atoms with Crippen LogP contribution in [0.4, 0.5) is 10.1 Å². The summed E-state index contributed by atoms with van der Waals surface area (Å²) >= 11 is 11.2. The lowest BCUT2D eigenvalue weighted by Crippen LogP contribution is -2.20. The molecule has 6 heteroatoms. The number of carbonyl (C=O) groups is 1. The highest BCUT2D eigenvalue weighted by Crippen LogP contribution is 2.26. The van der Waals surface area contributed by atoms with Gasteiger partial charge in [0.1, 0.15) is 5.82 Å². The van der Waals surface area contributed by atoms with Crippen LogP contribution in [-0.4, -0.2) is 17.6 Å². The molecule has 1 N–H and O–H groups in total. The quantitative estimate of drug-likeness (QED) is 0.696. The average Bonchev–Trinajstić information content (AvgIpc) is 2.48. The van der Waals surface area contributed by atoms with Gasteiger partial charge >= 0.3 is 0 Å². The Bertz CT molecular complexity index is 578. The summed E-state index contributed by atoms with van der Waals surface area (Å²) < 4.78 is 19.4. The van der Waals surface area contributed by atoms with Gasteiger partial charge in [-0.1, -0.05) is 39.3 Å². The lowest BCUT2D eigenvalue weighted by atomic mass is 10.1. The molecule has 0 radical (unpaired) electrons. The smallest absolute Gasteiger partial charge is 0.227 e. The van der Waals surface area contributed by atoms with Crippen molar-refractivity contribution in [3.8, 4) is 0 Å². The van der Waals surface area contributed by atoms with E-state index in [4.69, 9.17) is 28.6 Å².